The van der Waals surface area contributed by atoms with Crippen LogP contribution < -0.4 is 0 Å². The van der Waals surface area contributed by atoms with Gasteiger partial charge in [-0.1, -0.05) is 13.8 Å². The van der Waals surface area contributed by atoms with Gasteiger partial charge in [0, 0.05) is 32.0 Å². The molecule has 2 atom stereocenters. The number of carbonyl (C=O) groups excluding carboxylic acids is 1. The summed E-state index contributed by atoms with van der Waals surface area (Å²) in [6, 6.07) is 0. The van der Waals surface area contributed by atoms with Gasteiger partial charge < -0.3 is 9.64 Å². The van der Waals surface area contributed by atoms with Gasteiger partial charge in [-0.05, 0) is 50.5 Å². The van der Waals surface area contributed by atoms with Crippen LogP contribution in [0.15, 0.2) is 0 Å². The topological polar surface area (TPSA) is 29.5 Å². The molecule has 0 aliphatic heterocycles. The molecule has 2 saturated carbocycles. The first-order valence-electron chi connectivity index (χ1n) is 8.35. The summed E-state index contributed by atoms with van der Waals surface area (Å²) in [5.41, 5.74) is 0. The van der Waals surface area contributed by atoms with E-state index in [1.54, 1.807) is 0 Å². The number of likely N-dealkylation sites (N-methyl/N-ethyl adjacent to an activating group) is 1. The average molecular weight is 281 g/mol. The van der Waals surface area contributed by atoms with Crippen molar-refractivity contribution in [1.82, 2.24) is 4.90 Å². The molecule has 0 N–H and O–H groups in total. The third kappa shape index (κ3) is 5.17. The molecule has 0 heterocycles. The third-order valence-electron chi connectivity index (χ3n) is 4.95. The van der Waals surface area contributed by atoms with E-state index in [0.29, 0.717) is 11.7 Å². The maximum Gasteiger partial charge on any atom is 0.137 e. The molecule has 2 rings (SSSR count). The fourth-order valence-electron chi connectivity index (χ4n) is 3.15. The zero-order valence-electron chi connectivity index (χ0n) is 13.4. The van der Waals surface area contributed by atoms with Crippen molar-refractivity contribution in [3.05, 3.63) is 0 Å². The Labute approximate surface area is 124 Å². The van der Waals surface area contributed by atoms with Crippen LogP contribution in [0, 0.1) is 23.7 Å². The summed E-state index contributed by atoms with van der Waals surface area (Å²) in [6.45, 7) is 8.17. The molecule has 0 aromatic carbocycles. The maximum atomic E-state index is 12.1. The summed E-state index contributed by atoms with van der Waals surface area (Å²) >= 11 is 0. The molecule has 0 bridgehead atoms. The predicted octanol–water partition coefficient (Wildman–Crippen LogP) is 2.99. The molecule has 0 aromatic rings. The van der Waals surface area contributed by atoms with E-state index < -0.39 is 0 Å². The highest BCUT2D eigenvalue weighted by Gasteiger charge is 2.30. The largest absolute Gasteiger partial charge is 0.380 e. The molecule has 2 unspecified atom stereocenters. The van der Waals surface area contributed by atoms with Crippen molar-refractivity contribution in [1.29, 1.82) is 0 Å². The highest BCUT2D eigenvalue weighted by atomic mass is 16.5. The minimum atomic E-state index is 0.254. The fraction of sp³-hybridized carbons (Fsp3) is 0.941. The minimum Gasteiger partial charge on any atom is -0.380 e. The maximum absolute atomic E-state index is 12.1. The monoisotopic (exact) mass is 281 g/mol. The first-order chi connectivity index (χ1) is 9.56. The van der Waals surface area contributed by atoms with Gasteiger partial charge in [0.25, 0.3) is 0 Å². The van der Waals surface area contributed by atoms with Crippen LogP contribution in [0.25, 0.3) is 0 Å². The van der Waals surface area contributed by atoms with Crippen LogP contribution in [-0.4, -0.2) is 44.0 Å². The van der Waals surface area contributed by atoms with Gasteiger partial charge >= 0.3 is 0 Å². The van der Waals surface area contributed by atoms with E-state index in [1.165, 1.54) is 12.8 Å². The van der Waals surface area contributed by atoms with Crippen LogP contribution in [-0.2, 0) is 9.53 Å². The second-order valence-electron chi connectivity index (χ2n) is 7.22. The molecule has 2 fully saturated rings. The molecular weight excluding hydrogens is 250 g/mol. The van der Waals surface area contributed by atoms with Gasteiger partial charge in [-0.15, -0.1) is 0 Å². The third-order valence-corrected chi connectivity index (χ3v) is 4.95. The molecule has 3 nitrogen and oxygen atoms in total. The van der Waals surface area contributed by atoms with E-state index in [9.17, 15) is 4.79 Å². The first kappa shape index (κ1) is 16.0. The van der Waals surface area contributed by atoms with Crippen molar-refractivity contribution in [3.63, 3.8) is 0 Å². The number of Topliss-reactive ketones (excluding diaryl/α,β-unsaturated/α-hetero) is 1. The van der Waals surface area contributed by atoms with Crippen molar-refractivity contribution in [2.45, 2.75) is 46.0 Å². The summed E-state index contributed by atoms with van der Waals surface area (Å²) < 4.78 is 5.68. The normalized spacial score (nSPS) is 27.6. The molecule has 0 aromatic heterocycles. The van der Waals surface area contributed by atoms with Gasteiger partial charge in [-0.25, -0.2) is 0 Å². The van der Waals surface area contributed by atoms with Gasteiger partial charge in [0.15, 0.2) is 0 Å². The molecular formula is C17H31NO2. The number of hydrogen-bond donors (Lipinski definition) is 0. The standard InChI is InChI=1S/C17H31NO2/c1-13(2)15-6-7-17(19)16(10-15)11-18(3)8-9-20-12-14-4-5-14/h13-16H,4-12H2,1-3H3. The summed E-state index contributed by atoms with van der Waals surface area (Å²) in [5.74, 6) is 3.01. The molecule has 0 amide bonds. The number of rotatable bonds is 8. The molecule has 0 spiro atoms. The van der Waals surface area contributed by atoms with Crippen LogP contribution >= 0.6 is 0 Å². The highest BCUT2D eigenvalue weighted by Crippen LogP contribution is 2.32. The lowest BCUT2D eigenvalue weighted by Gasteiger charge is -2.32. The summed E-state index contributed by atoms with van der Waals surface area (Å²) in [6.07, 6.45) is 5.68. The Balaban J connectivity index is 1.65. The van der Waals surface area contributed by atoms with E-state index in [2.05, 4.69) is 25.8 Å². The quantitative estimate of drug-likeness (QED) is 0.641. The molecule has 2 aliphatic carbocycles. The van der Waals surface area contributed by atoms with Gasteiger partial charge in [0.05, 0.1) is 6.61 Å². The van der Waals surface area contributed by atoms with E-state index in [1.807, 2.05) is 0 Å². The Kier molecular flexibility index (Phi) is 6.03. The minimum absolute atomic E-state index is 0.254. The van der Waals surface area contributed by atoms with Crippen LogP contribution in [0.1, 0.15) is 46.0 Å². The lowest BCUT2D eigenvalue weighted by Crippen LogP contribution is -2.37. The van der Waals surface area contributed by atoms with Gasteiger partial charge in [0.2, 0.25) is 0 Å². The average Bonchev–Trinajstić information content (AvgIpc) is 3.21. The second-order valence-corrected chi connectivity index (χ2v) is 7.22. The molecule has 0 radical (unpaired) electrons. The Morgan fingerprint density at radius 3 is 2.70 bits per heavy atom. The number of ketones is 1. The Morgan fingerprint density at radius 2 is 2.05 bits per heavy atom. The Hall–Kier alpha value is -0.410. The van der Waals surface area contributed by atoms with E-state index in [0.717, 1.165) is 57.4 Å². The molecule has 116 valence electrons. The Bertz CT molecular complexity index is 312. The number of carbonyl (C=O) groups is 1. The Morgan fingerprint density at radius 1 is 1.30 bits per heavy atom. The zero-order valence-corrected chi connectivity index (χ0v) is 13.4. The van der Waals surface area contributed by atoms with Crippen molar-refractivity contribution in [2.24, 2.45) is 23.7 Å². The van der Waals surface area contributed by atoms with Crippen LogP contribution in [0.5, 0.6) is 0 Å². The summed E-state index contributed by atoms with van der Waals surface area (Å²) in [7, 11) is 2.12. The first-order valence-corrected chi connectivity index (χ1v) is 8.35. The predicted molar refractivity (Wildman–Crippen MR) is 81.7 cm³/mol. The van der Waals surface area contributed by atoms with Gasteiger partial charge in [0.1, 0.15) is 5.78 Å². The van der Waals surface area contributed by atoms with Crippen molar-refractivity contribution >= 4 is 5.78 Å². The summed E-state index contributed by atoms with van der Waals surface area (Å²) in [4.78, 5) is 14.3. The highest BCUT2D eigenvalue weighted by molar-refractivity contribution is 5.81. The van der Waals surface area contributed by atoms with Crippen LogP contribution in [0.4, 0.5) is 0 Å². The van der Waals surface area contributed by atoms with Crippen molar-refractivity contribution < 1.29 is 9.53 Å². The molecule has 20 heavy (non-hydrogen) atoms. The molecule has 2 aliphatic rings. The van der Waals surface area contributed by atoms with E-state index >= 15 is 0 Å². The van der Waals surface area contributed by atoms with E-state index in [4.69, 9.17) is 4.74 Å². The number of nitrogens with zero attached hydrogens (tertiary/aromatic N) is 1. The van der Waals surface area contributed by atoms with Gasteiger partial charge in [-0.2, -0.15) is 0 Å². The van der Waals surface area contributed by atoms with Crippen LogP contribution in [0.3, 0.4) is 0 Å². The lowest BCUT2D eigenvalue weighted by atomic mass is 9.75. The smallest absolute Gasteiger partial charge is 0.137 e. The van der Waals surface area contributed by atoms with Crippen molar-refractivity contribution in [2.75, 3.05) is 33.4 Å². The van der Waals surface area contributed by atoms with Crippen LogP contribution in [0.2, 0.25) is 0 Å². The molecule has 0 saturated heterocycles. The SMILES string of the molecule is CC(C)C1CCC(=O)C(CN(C)CCOCC2CC2)C1. The summed E-state index contributed by atoms with van der Waals surface area (Å²) in [5, 5.41) is 0. The van der Waals surface area contributed by atoms with E-state index in [-0.39, 0.29) is 5.92 Å². The second kappa shape index (κ2) is 7.56. The zero-order chi connectivity index (χ0) is 14.5. The van der Waals surface area contributed by atoms with Gasteiger partial charge in [-0.3, -0.25) is 4.79 Å². The number of ether oxygens (including phenoxy) is 1. The van der Waals surface area contributed by atoms with Crippen molar-refractivity contribution in [3.8, 4) is 0 Å². The fourth-order valence-corrected chi connectivity index (χ4v) is 3.15. The lowest BCUT2D eigenvalue weighted by molar-refractivity contribution is -0.126. The number of hydrogen-bond acceptors (Lipinski definition) is 3. The molecule has 3 heteroatoms.